The summed E-state index contributed by atoms with van der Waals surface area (Å²) in [5, 5.41) is 10.2. The first-order valence-corrected chi connectivity index (χ1v) is 8.19. The number of para-hydroxylation sites is 1. The summed E-state index contributed by atoms with van der Waals surface area (Å²) in [5.41, 5.74) is 2.59. The number of nitrogens with one attached hydrogen (secondary N) is 2. The third-order valence-electron chi connectivity index (χ3n) is 4.15. The highest BCUT2D eigenvalue weighted by Gasteiger charge is 2.13. The van der Waals surface area contributed by atoms with E-state index in [1.165, 1.54) is 18.2 Å². The van der Waals surface area contributed by atoms with Crippen molar-refractivity contribution < 1.29 is 13.6 Å². The lowest BCUT2D eigenvalue weighted by Gasteiger charge is -2.06. The largest absolute Gasteiger partial charge is 0.304 e. The third kappa shape index (κ3) is 3.39. The first-order chi connectivity index (χ1) is 13.0. The van der Waals surface area contributed by atoms with E-state index in [9.17, 15) is 13.6 Å². The monoisotopic (exact) mass is 364 g/mol. The van der Waals surface area contributed by atoms with Crippen LogP contribution in [0.2, 0.25) is 0 Å². The maximum atomic E-state index is 13.4. The minimum atomic E-state index is -0.693. The molecule has 27 heavy (non-hydrogen) atoms. The molecule has 0 atom stereocenters. The van der Waals surface area contributed by atoms with Crippen LogP contribution >= 0.6 is 0 Å². The Labute approximate surface area is 153 Å². The minimum Gasteiger partial charge on any atom is -0.304 e. The van der Waals surface area contributed by atoms with Gasteiger partial charge in [0.05, 0.1) is 11.2 Å². The maximum absolute atomic E-state index is 13.4. The van der Waals surface area contributed by atoms with Gasteiger partial charge in [-0.25, -0.2) is 13.8 Å². The predicted molar refractivity (Wildman–Crippen MR) is 98.4 cm³/mol. The second-order valence-corrected chi connectivity index (χ2v) is 6.12. The summed E-state index contributed by atoms with van der Waals surface area (Å²) in [5.74, 6) is -1.58. The number of aromatic nitrogens is 3. The minimum absolute atomic E-state index is 0.229. The molecule has 134 valence electrons. The molecular weight excluding hydrogens is 350 g/mol. The van der Waals surface area contributed by atoms with Crippen LogP contribution in [0.1, 0.15) is 16.1 Å². The normalized spacial score (nSPS) is 10.9. The molecule has 4 rings (SSSR count). The number of H-pyrrole nitrogens is 1. The van der Waals surface area contributed by atoms with Crippen molar-refractivity contribution in [2.45, 2.75) is 6.92 Å². The van der Waals surface area contributed by atoms with Crippen LogP contribution in [0.3, 0.4) is 0 Å². The first kappa shape index (κ1) is 16.8. The van der Waals surface area contributed by atoms with Crippen molar-refractivity contribution in [3.8, 4) is 11.3 Å². The summed E-state index contributed by atoms with van der Waals surface area (Å²) >= 11 is 0. The van der Waals surface area contributed by atoms with Crippen LogP contribution in [0, 0.1) is 18.6 Å². The smallest absolute Gasteiger partial charge is 0.275 e. The highest BCUT2D eigenvalue weighted by molar-refractivity contribution is 6.04. The number of anilines is 1. The number of aromatic amines is 1. The van der Waals surface area contributed by atoms with Gasteiger partial charge in [0, 0.05) is 23.1 Å². The van der Waals surface area contributed by atoms with Crippen molar-refractivity contribution in [3.05, 3.63) is 77.5 Å². The molecule has 0 unspecified atom stereocenters. The number of aryl methyl sites for hydroxylation is 1. The predicted octanol–water partition coefficient (Wildman–Crippen LogP) is 4.46. The van der Waals surface area contributed by atoms with E-state index in [1.807, 2.05) is 31.2 Å². The average Bonchev–Trinajstić information content (AvgIpc) is 3.09. The van der Waals surface area contributed by atoms with Crippen molar-refractivity contribution in [1.82, 2.24) is 15.2 Å². The molecule has 0 aliphatic carbocycles. The molecule has 0 aliphatic heterocycles. The lowest BCUT2D eigenvalue weighted by atomic mass is 10.1. The number of benzene rings is 2. The number of halogens is 2. The number of hydrogen-bond donors (Lipinski definition) is 2. The van der Waals surface area contributed by atoms with Gasteiger partial charge in [-0.05, 0) is 36.8 Å². The molecule has 4 aromatic rings. The van der Waals surface area contributed by atoms with Crippen molar-refractivity contribution >= 4 is 22.6 Å². The number of carbonyl (C=O) groups excluding carboxylic acids is 1. The van der Waals surface area contributed by atoms with Gasteiger partial charge in [-0.15, -0.1) is 0 Å². The number of nitrogens with zero attached hydrogens (tertiary/aromatic N) is 2. The van der Waals surface area contributed by atoms with Gasteiger partial charge in [0.15, 0.2) is 5.82 Å². The number of pyridine rings is 1. The first-order valence-electron chi connectivity index (χ1n) is 8.19. The zero-order chi connectivity index (χ0) is 19.0. The number of amides is 1. The molecule has 0 spiro atoms. The summed E-state index contributed by atoms with van der Waals surface area (Å²) < 4.78 is 26.7. The molecule has 0 radical (unpaired) electrons. The fourth-order valence-corrected chi connectivity index (χ4v) is 2.89. The molecule has 7 heteroatoms. The van der Waals surface area contributed by atoms with E-state index in [0.717, 1.165) is 22.5 Å². The Kier molecular flexibility index (Phi) is 4.12. The Hall–Kier alpha value is -3.61. The topological polar surface area (TPSA) is 70.7 Å². The van der Waals surface area contributed by atoms with Crippen LogP contribution in [0.15, 0.2) is 54.6 Å². The molecule has 0 saturated carbocycles. The Bertz CT molecular complexity index is 1150. The third-order valence-corrected chi connectivity index (χ3v) is 4.15. The second kappa shape index (κ2) is 6.60. The molecule has 2 aromatic heterocycles. The zero-order valence-electron chi connectivity index (χ0n) is 14.3. The van der Waals surface area contributed by atoms with Crippen LogP contribution < -0.4 is 5.32 Å². The van der Waals surface area contributed by atoms with Crippen LogP contribution in [0.4, 0.5) is 14.6 Å². The Morgan fingerprint density at radius 3 is 2.56 bits per heavy atom. The molecule has 2 N–H and O–H groups in total. The van der Waals surface area contributed by atoms with Gasteiger partial charge in [-0.1, -0.05) is 18.2 Å². The highest BCUT2D eigenvalue weighted by Crippen LogP contribution is 2.23. The van der Waals surface area contributed by atoms with Crippen molar-refractivity contribution in [3.63, 3.8) is 0 Å². The number of rotatable bonds is 3. The lowest BCUT2D eigenvalue weighted by Crippen LogP contribution is -2.14. The zero-order valence-corrected chi connectivity index (χ0v) is 14.3. The molecule has 2 heterocycles. The van der Waals surface area contributed by atoms with Gasteiger partial charge in [-0.2, -0.15) is 5.10 Å². The second-order valence-electron chi connectivity index (χ2n) is 6.12. The van der Waals surface area contributed by atoms with Gasteiger partial charge in [-0.3, -0.25) is 9.89 Å². The fraction of sp³-hybridized carbons (Fsp3) is 0.0500. The van der Waals surface area contributed by atoms with Crippen molar-refractivity contribution in [2.75, 3.05) is 5.32 Å². The van der Waals surface area contributed by atoms with E-state index in [2.05, 4.69) is 20.5 Å². The van der Waals surface area contributed by atoms with Crippen LogP contribution in [0.25, 0.3) is 22.2 Å². The number of carbonyl (C=O) groups is 1. The lowest BCUT2D eigenvalue weighted by molar-refractivity contribution is 0.102. The Morgan fingerprint density at radius 1 is 1.04 bits per heavy atom. The summed E-state index contributed by atoms with van der Waals surface area (Å²) in [4.78, 5) is 16.9. The Balaban J connectivity index is 1.60. The molecule has 1 amide bonds. The van der Waals surface area contributed by atoms with Gasteiger partial charge in [0.1, 0.15) is 17.3 Å². The molecule has 0 aliphatic rings. The van der Waals surface area contributed by atoms with Crippen LogP contribution in [0.5, 0.6) is 0 Å². The SMILES string of the molecule is Cc1cc(C(=O)Nc2cc(-c3cc(F)cc(F)c3)[nH]n2)nc2ccccc12. The van der Waals surface area contributed by atoms with E-state index in [0.29, 0.717) is 11.3 Å². The van der Waals surface area contributed by atoms with Gasteiger partial charge in [0.25, 0.3) is 5.91 Å². The molecule has 5 nitrogen and oxygen atoms in total. The van der Waals surface area contributed by atoms with Crippen molar-refractivity contribution in [2.24, 2.45) is 0 Å². The van der Waals surface area contributed by atoms with E-state index in [1.54, 1.807) is 6.07 Å². The summed E-state index contributed by atoms with van der Waals surface area (Å²) in [6.07, 6.45) is 0. The van der Waals surface area contributed by atoms with E-state index in [4.69, 9.17) is 0 Å². The summed E-state index contributed by atoms with van der Waals surface area (Å²) in [6, 6.07) is 13.9. The Morgan fingerprint density at radius 2 is 1.78 bits per heavy atom. The van der Waals surface area contributed by atoms with Gasteiger partial charge in [0.2, 0.25) is 0 Å². The van der Waals surface area contributed by atoms with Crippen molar-refractivity contribution in [1.29, 1.82) is 0 Å². The maximum Gasteiger partial charge on any atom is 0.275 e. The highest BCUT2D eigenvalue weighted by atomic mass is 19.1. The number of fused-ring (bicyclic) bond motifs is 1. The van der Waals surface area contributed by atoms with Gasteiger partial charge >= 0.3 is 0 Å². The molecule has 0 bridgehead atoms. The average molecular weight is 364 g/mol. The molecular formula is C20H14F2N4O. The van der Waals surface area contributed by atoms with Gasteiger partial charge < -0.3 is 5.32 Å². The van der Waals surface area contributed by atoms with E-state index in [-0.39, 0.29) is 11.5 Å². The van der Waals surface area contributed by atoms with E-state index < -0.39 is 17.5 Å². The molecule has 0 fully saturated rings. The number of hydrogen-bond acceptors (Lipinski definition) is 3. The van der Waals surface area contributed by atoms with Crippen LogP contribution in [-0.2, 0) is 0 Å². The van der Waals surface area contributed by atoms with Crippen LogP contribution in [-0.4, -0.2) is 21.1 Å². The summed E-state index contributed by atoms with van der Waals surface area (Å²) in [6.45, 7) is 1.91. The summed E-state index contributed by atoms with van der Waals surface area (Å²) in [7, 11) is 0. The van der Waals surface area contributed by atoms with E-state index >= 15 is 0 Å². The fourth-order valence-electron chi connectivity index (χ4n) is 2.89. The molecule has 0 saturated heterocycles. The standard InChI is InChI=1S/C20H14F2N4O/c1-11-6-18(23-16-5-3-2-4-15(11)16)20(27)24-19-10-17(25-26-19)12-7-13(21)9-14(22)8-12/h2-10H,1H3,(H2,24,25,26,27). The quantitative estimate of drug-likeness (QED) is 0.564. The molecule has 2 aromatic carbocycles.